The molecule has 3 N–H and O–H groups in total. The minimum atomic E-state index is -0.00175. The van der Waals surface area contributed by atoms with Gasteiger partial charge in [0.2, 0.25) is 5.91 Å². The Labute approximate surface area is 90.3 Å². The van der Waals surface area contributed by atoms with Crippen molar-refractivity contribution >= 4 is 11.7 Å². The second-order valence-corrected chi connectivity index (χ2v) is 3.44. The summed E-state index contributed by atoms with van der Waals surface area (Å²) in [4.78, 5) is 26.0. The summed E-state index contributed by atoms with van der Waals surface area (Å²) in [6.45, 7) is -0.00175. The number of carbonyl (C=O) groups is 2. The summed E-state index contributed by atoms with van der Waals surface area (Å²) in [7, 11) is 1.63. The molecule has 0 radical (unpaired) electrons. The molecule has 0 aromatic carbocycles. The molecule has 0 aromatic heterocycles. The van der Waals surface area contributed by atoms with Crippen molar-refractivity contribution in [3.8, 4) is 0 Å². The predicted octanol–water partition coefficient (Wildman–Crippen LogP) is 0.532. The summed E-state index contributed by atoms with van der Waals surface area (Å²) in [6.07, 6.45) is 4.74. The van der Waals surface area contributed by atoms with Gasteiger partial charge in [-0.1, -0.05) is 12.8 Å². The van der Waals surface area contributed by atoms with E-state index in [4.69, 9.17) is 5.90 Å². The van der Waals surface area contributed by atoms with Gasteiger partial charge in [-0.05, 0) is 12.8 Å². The second-order valence-electron chi connectivity index (χ2n) is 3.44. The van der Waals surface area contributed by atoms with E-state index in [1.807, 2.05) is 0 Å². The van der Waals surface area contributed by atoms with E-state index < -0.39 is 0 Å². The lowest BCUT2D eigenvalue weighted by atomic mass is 10.1. The first-order valence-corrected chi connectivity index (χ1v) is 5.24. The minimum absolute atomic E-state index is 0.00175. The number of nitrogens with two attached hydrogens (primary N) is 1. The highest BCUT2D eigenvalue weighted by atomic mass is 16.6. The third-order valence-electron chi connectivity index (χ3n) is 2.13. The topological polar surface area (TPSA) is 81.4 Å². The molecule has 88 valence electrons. The van der Waals surface area contributed by atoms with Crippen LogP contribution in [0.1, 0.15) is 38.5 Å². The summed E-state index contributed by atoms with van der Waals surface area (Å²) in [5.74, 6) is 4.87. The van der Waals surface area contributed by atoms with Crippen molar-refractivity contribution < 1.29 is 14.4 Å². The van der Waals surface area contributed by atoms with Gasteiger partial charge in [0.05, 0.1) is 0 Å². The van der Waals surface area contributed by atoms with Crippen LogP contribution in [0.15, 0.2) is 0 Å². The van der Waals surface area contributed by atoms with E-state index >= 15 is 0 Å². The molecule has 5 heteroatoms. The number of amides is 1. The Balaban J connectivity index is 3.18. The van der Waals surface area contributed by atoms with Crippen LogP contribution in [0.25, 0.3) is 0 Å². The van der Waals surface area contributed by atoms with Gasteiger partial charge in [0.1, 0.15) is 6.61 Å². The Hall–Kier alpha value is -0.940. The zero-order valence-corrected chi connectivity index (χ0v) is 9.25. The molecule has 0 heterocycles. The van der Waals surface area contributed by atoms with Crippen molar-refractivity contribution in [1.29, 1.82) is 0 Å². The van der Waals surface area contributed by atoms with E-state index in [-0.39, 0.29) is 18.3 Å². The second kappa shape index (κ2) is 9.61. The molecule has 0 aliphatic rings. The summed E-state index contributed by atoms with van der Waals surface area (Å²) in [5.41, 5.74) is 0. The largest absolute Gasteiger partial charge is 0.359 e. The van der Waals surface area contributed by atoms with Crippen LogP contribution in [-0.4, -0.2) is 25.3 Å². The SMILES string of the molecule is CNC(=O)CCCCCCC(=O)CON. The number of hydrogen-bond acceptors (Lipinski definition) is 4. The third-order valence-corrected chi connectivity index (χ3v) is 2.13. The number of rotatable bonds is 9. The van der Waals surface area contributed by atoms with E-state index in [1.54, 1.807) is 7.05 Å². The molecule has 0 aliphatic carbocycles. The summed E-state index contributed by atoms with van der Waals surface area (Å²) in [6, 6.07) is 0. The van der Waals surface area contributed by atoms with Gasteiger partial charge >= 0.3 is 0 Å². The summed E-state index contributed by atoms with van der Waals surface area (Å²) in [5, 5.41) is 2.57. The van der Waals surface area contributed by atoms with Crippen LogP contribution in [0.5, 0.6) is 0 Å². The highest BCUT2D eigenvalue weighted by molar-refractivity contribution is 5.79. The van der Waals surface area contributed by atoms with Crippen LogP contribution in [0.4, 0.5) is 0 Å². The highest BCUT2D eigenvalue weighted by Crippen LogP contribution is 2.05. The van der Waals surface area contributed by atoms with Crippen molar-refractivity contribution in [1.82, 2.24) is 5.32 Å². The van der Waals surface area contributed by atoms with Crippen molar-refractivity contribution in [3.05, 3.63) is 0 Å². The molecule has 5 nitrogen and oxygen atoms in total. The van der Waals surface area contributed by atoms with Crippen LogP contribution in [0, 0.1) is 0 Å². The molecule has 0 rings (SSSR count). The fourth-order valence-electron chi connectivity index (χ4n) is 1.25. The lowest BCUT2D eigenvalue weighted by molar-refractivity contribution is -0.124. The van der Waals surface area contributed by atoms with Gasteiger partial charge in [-0.3, -0.25) is 14.4 Å². The number of Topliss-reactive ketones (excluding diaryl/α,β-unsaturated/α-hetero) is 1. The standard InChI is InChI=1S/C10H20N2O3/c1-12-10(14)7-5-3-2-4-6-9(13)8-15-11/h2-8,11H2,1H3,(H,12,14). The van der Waals surface area contributed by atoms with Gasteiger partial charge in [0.15, 0.2) is 5.78 Å². The first-order valence-electron chi connectivity index (χ1n) is 5.24. The molecule has 0 saturated heterocycles. The molecule has 0 unspecified atom stereocenters. The molecule has 0 fully saturated rings. The molecule has 1 amide bonds. The smallest absolute Gasteiger partial charge is 0.219 e. The van der Waals surface area contributed by atoms with Gasteiger partial charge in [0.25, 0.3) is 0 Å². The highest BCUT2D eigenvalue weighted by Gasteiger charge is 2.01. The molecule has 0 spiro atoms. The normalized spacial score (nSPS) is 10.0. The van der Waals surface area contributed by atoms with E-state index in [2.05, 4.69) is 10.2 Å². The van der Waals surface area contributed by atoms with Crippen LogP contribution < -0.4 is 11.2 Å². The summed E-state index contributed by atoms with van der Waals surface area (Å²) < 4.78 is 0. The van der Waals surface area contributed by atoms with E-state index in [0.717, 1.165) is 25.7 Å². The zero-order valence-electron chi connectivity index (χ0n) is 9.25. The Morgan fingerprint density at radius 3 is 2.27 bits per heavy atom. The number of carbonyl (C=O) groups excluding carboxylic acids is 2. The van der Waals surface area contributed by atoms with E-state index in [1.165, 1.54) is 0 Å². The first kappa shape index (κ1) is 14.1. The zero-order chi connectivity index (χ0) is 11.5. The molecule has 0 aliphatic heterocycles. The van der Waals surface area contributed by atoms with E-state index in [0.29, 0.717) is 12.8 Å². The quantitative estimate of drug-likeness (QED) is 0.435. The number of unbranched alkanes of at least 4 members (excludes halogenated alkanes) is 3. The molecule has 0 aromatic rings. The average Bonchev–Trinajstić information content (AvgIpc) is 2.23. The lowest BCUT2D eigenvalue weighted by Crippen LogP contribution is -2.16. The molecule has 0 bridgehead atoms. The molecule has 15 heavy (non-hydrogen) atoms. The maximum Gasteiger partial charge on any atom is 0.219 e. The van der Waals surface area contributed by atoms with Crippen molar-refractivity contribution in [3.63, 3.8) is 0 Å². The Morgan fingerprint density at radius 2 is 1.73 bits per heavy atom. The van der Waals surface area contributed by atoms with Gasteiger partial charge in [-0.15, -0.1) is 0 Å². The van der Waals surface area contributed by atoms with E-state index in [9.17, 15) is 9.59 Å². The Bertz CT molecular complexity index is 195. The molecular formula is C10H20N2O3. The Kier molecular flexibility index (Phi) is 9.01. The Morgan fingerprint density at radius 1 is 1.13 bits per heavy atom. The molecular weight excluding hydrogens is 196 g/mol. The van der Waals surface area contributed by atoms with Crippen LogP contribution in [0.2, 0.25) is 0 Å². The van der Waals surface area contributed by atoms with Crippen molar-refractivity contribution in [2.24, 2.45) is 5.90 Å². The third kappa shape index (κ3) is 9.37. The first-order chi connectivity index (χ1) is 7.20. The number of hydrogen-bond donors (Lipinski definition) is 2. The van der Waals surface area contributed by atoms with Crippen molar-refractivity contribution in [2.75, 3.05) is 13.7 Å². The van der Waals surface area contributed by atoms with Gasteiger partial charge in [-0.25, -0.2) is 5.90 Å². The molecule has 0 saturated carbocycles. The maximum absolute atomic E-state index is 11.0. The van der Waals surface area contributed by atoms with Crippen molar-refractivity contribution in [2.45, 2.75) is 38.5 Å². The fraction of sp³-hybridized carbons (Fsp3) is 0.800. The maximum atomic E-state index is 11.0. The molecule has 0 atom stereocenters. The number of ketones is 1. The average molecular weight is 216 g/mol. The van der Waals surface area contributed by atoms with Crippen LogP contribution >= 0.6 is 0 Å². The monoisotopic (exact) mass is 216 g/mol. The van der Waals surface area contributed by atoms with Crippen LogP contribution in [-0.2, 0) is 14.4 Å². The minimum Gasteiger partial charge on any atom is -0.359 e. The predicted molar refractivity (Wildman–Crippen MR) is 56.9 cm³/mol. The lowest BCUT2D eigenvalue weighted by Gasteiger charge is -2.01. The van der Waals surface area contributed by atoms with Gasteiger partial charge < -0.3 is 5.32 Å². The van der Waals surface area contributed by atoms with Gasteiger partial charge in [0, 0.05) is 19.9 Å². The van der Waals surface area contributed by atoms with Gasteiger partial charge in [-0.2, -0.15) is 0 Å². The summed E-state index contributed by atoms with van der Waals surface area (Å²) >= 11 is 0. The number of nitrogens with one attached hydrogen (secondary N) is 1. The van der Waals surface area contributed by atoms with Crippen LogP contribution in [0.3, 0.4) is 0 Å². The fourth-order valence-corrected chi connectivity index (χ4v) is 1.25.